The molecule has 0 saturated carbocycles. The number of nitrogens with two attached hydrogens (primary N) is 1. The number of aliphatic hydroxyl groups is 3. The molecule has 74 valence electrons. The van der Waals surface area contributed by atoms with Crippen molar-refractivity contribution in [1.82, 2.24) is 0 Å². The van der Waals surface area contributed by atoms with Gasteiger partial charge in [0.15, 0.2) is 7.12 Å². The molecule has 1 aliphatic rings. The minimum atomic E-state index is -1.07. The van der Waals surface area contributed by atoms with Crippen LogP contribution in [0.2, 0.25) is 0 Å². The van der Waals surface area contributed by atoms with Crippen LogP contribution >= 0.6 is 11.6 Å². The van der Waals surface area contributed by atoms with Gasteiger partial charge in [0, 0.05) is 0 Å². The second-order valence-electron chi connectivity index (χ2n) is 2.92. The smallest absolute Gasteiger partial charge is 0.165 e. The lowest BCUT2D eigenvalue weighted by atomic mass is 9.98. The van der Waals surface area contributed by atoms with Crippen LogP contribution in [0.25, 0.3) is 0 Å². The first-order valence-corrected chi connectivity index (χ1v) is 4.79. The zero-order chi connectivity index (χ0) is 10.0. The number of aliphatic hydroxyl groups excluding tert-OH is 3. The average Bonchev–Trinajstić information content (AvgIpc) is 2.15. The normalized spacial score (nSPS) is 46.3. The fraction of sp³-hybridized carbons (Fsp3) is 1.00. The standard InChI is InChI=1S/C6H12BNO4S/c7-13-6-5(11)3(8)4(10)2(1-9)12-6/h2-6,9-11H,1,8H2. The average molecular weight is 205 g/mol. The molecule has 0 aliphatic carbocycles. The molecule has 13 heavy (non-hydrogen) atoms. The highest BCUT2D eigenvalue weighted by atomic mass is 32.2. The summed E-state index contributed by atoms with van der Waals surface area (Å²) >= 11 is 0.804. The van der Waals surface area contributed by atoms with E-state index < -0.39 is 29.8 Å². The molecule has 5 unspecified atom stereocenters. The van der Waals surface area contributed by atoms with Gasteiger partial charge in [0.05, 0.1) is 12.6 Å². The second kappa shape index (κ2) is 4.63. The van der Waals surface area contributed by atoms with Gasteiger partial charge in [-0.15, -0.1) is 0 Å². The fourth-order valence-electron chi connectivity index (χ4n) is 1.23. The Hall–Kier alpha value is 0.215. The lowest BCUT2D eigenvalue weighted by Crippen LogP contribution is -2.61. The van der Waals surface area contributed by atoms with Crippen LogP contribution in [0.4, 0.5) is 0 Å². The van der Waals surface area contributed by atoms with Crippen LogP contribution < -0.4 is 5.73 Å². The molecule has 5 nitrogen and oxygen atoms in total. The summed E-state index contributed by atoms with van der Waals surface area (Å²) in [5.74, 6) is 0. The van der Waals surface area contributed by atoms with E-state index >= 15 is 0 Å². The lowest BCUT2D eigenvalue weighted by molar-refractivity contribution is -0.159. The Morgan fingerprint density at radius 2 is 2.00 bits per heavy atom. The van der Waals surface area contributed by atoms with Gasteiger partial charge >= 0.3 is 0 Å². The Balaban J connectivity index is 2.66. The quantitative estimate of drug-likeness (QED) is 0.374. The molecule has 0 aromatic carbocycles. The summed E-state index contributed by atoms with van der Waals surface area (Å²) in [4.78, 5) is 0. The molecule has 1 aliphatic heterocycles. The Morgan fingerprint density at radius 3 is 2.46 bits per heavy atom. The molecule has 1 fully saturated rings. The van der Waals surface area contributed by atoms with Crippen molar-refractivity contribution in [2.24, 2.45) is 5.73 Å². The zero-order valence-corrected chi connectivity index (χ0v) is 7.72. The Kier molecular flexibility index (Phi) is 4.02. The van der Waals surface area contributed by atoms with Gasteiger partial charge in [0.1, 0.15) is 23.7 Å². The van der Waals surface area contributed by atoms with Crippen molar-refractivity contribution in [3.8, 4) is 0 Å². The van der Waals surface area contributed by atoms with Gasteiger partial charge in [-0.3, -0.25) is 0 Å². The van der Waals surface area contributed by atoms with Crippen molar-refractivity contribution in [2.75, 3.05) is 6.61 Å². The van der Waals surface area contributed by atoms with Gasteiger partial charge in [0.25, 0.3) is 0 Å². The molecule has 0 amide bonds. The van der Waals surface area contributed by atoms with E-state index in [-0.39, 0.29) is 6.61 Å². The van der Waals surface area contributed by atoms with Gasteiger partial charge < -0.3 is 25.8 Å². The third-order valence-electron chi connectivity index (χ3n) is 2.07. The van der Waals surface area contributed by atoms with E-state index in [1.54, 1.807) is 0 Å². The lowest BCUT2D eigenvalue weighted by Gasteiger charge is -2.40. The number of rotatable bonds is 2. The van der Waals surface area contributed by atoms with Crippen molar-refractivity contribution in [2.45, 2.75) is 29.8 Å². The fourth-order valence-corrected chi connectivity index (χ4v) is 1.78. The summed E-state index contributed by atoms with van der Waals surface area (Å²) in [6.45, 7) is -0.349. The Bertz CT molecular complexity index is 155. The summed E-state index contributed by atoms with van der Waals surface area (Å²) in [7, 11) is 5.23. The van der Waals surface area contributed by atoms with Gasteiger partial charge in [-0.1, -0.05) is 0 Å². The van der Waals surface area contributed by atoms with Gasteiger partial charge in [-0.25, -0.2) is 0 Å². The third-order valence-corrected chi connectivity index (χ3v) is 2.73. The maximum atomic E-state index is 9.43. The number of hydrogen-bond donors (Lipinski definition) is 4. The van der Waals surface area contributed by atoms with Gasteiger partial charge in [-0.2, -0.15) is 11.6 Å². The largest absolute Gasteiger partial charge is 0.394 e. The molecule has 0 aromatic rings. The Morgan fingerprint density at radius 1 is 1.38 bits per heavy atom. The van der Waals surface area contributed by atoms with E-state index in [1.807, 2.05) is 0 Å². The first-order valence-electron chi connectivity index (χ1n) is 3.85. The molecule has 5 N–H and O–H groups in total. The van der Waals surface area contributed by atoms with Crippen molar-refractivity contribution < 1.29 is 20.1 Å². The maximum Gasteiger partial charge on any atom is 0.165 e. The molecule has 2 radical (unpaired) electrons. The summed E-state index contributed by atoms with van der Waals surface area (Å²) in [6, 6.07) is -0.841. The van der Waals surface area contributed by atoms with E-state index in [1.165, 1.54) is 0 Å². The molecular formula is C6H12BNO4S. The zero-order valence-electron chi connectivity index (χ0n) is 6.91. The van der Waals surface area contributed by atoms with Crippen molar-refractivity contribution in [3.05, 3.63) is 0 Å². The molecule has 0 aromatic heterocycles. The monoisotopic (exact) mass is 205 g/mol. The van der Waals surface area contributed by atoms with Crippen LogP contribution in [-0.4, -0.2) is 58.8 Å². The molecular weight excluding hydrogens is 193 g/mol. The van der Waals surface area contributed by atoms with Crippen molar-refractivity contribution >= 4 is 18.7 Å². The molecule has 1 heterocycles. The van der Waals surface area contributed by atoms with Gasteiger partial charge in [-0.05, 0) is 0 Å². The number of ether oxygens (including phenoxy) is 1. The topological polar surface area (TPSA) is 95.9 Å². The van der Waals surface area contributed by atoms with Gasteiger partial charge in [0.2, 0.25) is 0 Å². The van der Waals surface area contributed by atoms with Crippen LogP contribution in [0, 0.1) is 0 Å². The minimum absolute atomic E-state index is 0.349. The van der Waals surface area contributed by atoms with E-state index in [0.29, 0.717) is 0 Å². The van der Waals surface area contributed by atoms with Crippen LogP contribution in [0.3, 0.4) is 0 Å². The van der Waals surface area contributed by atoms with E-state index in [9.17, 15) is 10.2 Å². The summed E-state index contributed by atoms with van der Waals surface area (Å²) in [5.41, 5.74) is 4.80. The molecule has 0 spiro atoms. The highest BCUT2D eigenvalue weighted by Crippen LogP contribution is 2.25. The first-order chi connectivity index (χ1) is 6.11. The third kappa shape index (κ3) is 2.17. The second-order valence-corrected chi connectivity index (χ2v) is 3.66. The van der Waals surface area contributed by atoms with E-state index in [4.69, 9.17) is 22.7 Å². The first kappa shape index (κ1) is 11.3. The van der Waals surface area contributed by atoms with Crippen molar-refractivity contribution in [3.63, 3.8) is 0 Å². The molecule has 5 atom stereocenters. The predicted octanol–water partition coefficient (Wildman–Crippen LogP) is -2.43. The predicted molar refractivity (Wildman–Crippen MR) is 49.1 cm³/mol. The Labute approximate surface area is 81.6 Å². The highest BCUT2D eigenvalue weighted by molar-refractivity contribution is 8.20. The van der Waals surface area contributed by atoms with Crippen LogP contribution in [0.1, 0.15) is 0 Å². The highest BCUT2D eigenvalue weighted by Gasteiger charge is 2.41. The maximum absolute atomic E-state index is 9.43. The van der Waals surface area contributed by atoms with Crippen molar-refractivity contribution in [1.29, 1.82) is 0 Å². The number of hydrogen-bond acceptors (Lipinski definition) is 6. The van der Waals surface area contributed by atoms with Crippen LogP contribution in [-0.2, 0) is 4.74 Å². The SMILES string of the molecule is [B]SC1OC(CO)C(O)C(N)C1O. The molecule has 7 heteroatoms. The summed E-state index contributed by atoms with van der Waals surface area (Å²) in [6.07, 6.45) is -2.87. The molecule has 1 rings (SSSR count). The summed E-state index contributed by atoms with van der Waals surface area (Å²) < 4.78 is 5.09. The van der Waals surface area contributed by atoms with E-state index in [0.717, 1.165) is 11.6 Å². The summed E-state index contributed by atoms with van der Waals surface area (Å²) in [5, 5.41) is 27.6. The minimum Gasteiger partial charge on any atom is -0.394 e. The molecule has 1 saturated heterocycles. The van der Waals surface area contributed by atoms with Crippen LogP contribution in [0.15, 0.2) is 0 Å². The van der Waals surface area contributed by atoms with Crippen LogP contribution in [0.5, 0.6) is 0 Å². The molecule has 0 bridgehead atoms. The van der Waals surface area contributed by atoms with E-state index in [2.05, 4.69) is 0 Å².